The van der Waals surface area contributed by atoms with Crippen molar-refractivity contribution < 1.29 is 9.18 Å². The lowest BCUT2D eigenvalue weighted by Gasteiger charge is -2.39. The van der Waals surface area contributed by atoms with Crippen molar-refractivity contribution >= 4 is 28.9 Å². The van der Waals surface area contributed by atoms with Crippen LogP contribution in [0.1, 0.15) is 19.3 Å². The van der Waals surface area contributed by atoms with E-state index in [2.05, 4.69) is 16.0 Å². The summed E-state index contributed by atoms with van der Waals surface area (Å²) in [6.07, 6.45) is 2.81. The Morgan fingerprint density at radius 2 is 2.19 bits per heavy atom. The molecule has 1 aromatic carbocycles. The summed E-state index contributed by atoms with van der Waals surface area (Å²) in [7, 11) is 1.61. The molecule has 6 N–H and O–H groups in total. The van der Waals surface area contributed by atoms with Gasteiger partial charge in [0.2, 0.25) is 0 Å². The number of halogens is 2. The van der Waals surface area contributed by atoms with Gasteiger partial charge in [-0.1, -0.05) is 11.6 Å². The maximum absolute atomic E-state index is 13.3. The minimum Gasteiger partial charge on any atom is -0.385 e. The SMILES string of the molecule is CN/C(N)=C(\C(=N)C1CCC2(CNC2)C1)C(=O)Nc1ccc(F)c(Cl)c1. The van der Waals surface area contributed by atoms with E-state index in [1.54, 1.807) is 7.05 Å². The zero-order valence-corrected chi connectivity index (χ0v) is 15.3. The summed E-state index contributed by atoms with van der Waals surface area (Å²) in [4.78, 5) is 12.8. The number of benzene rings is 1. The first-order valence-corrected chi connectivity index (χ1v) is 8.96. The van der Waals surface area contributed by atoms with Crippen LogP contribution in [-0.2, 0) is 4.79 Å². The van der Waals surface area contributed by atoms with E-state index in [0.717, 1.165) is 32.4 Å². The van der Waals surface area contributed by atoms with Crippen LogP contribution in [0.4, 0.5) is 10.1 Å². The molecule has 140 valence electrons. The van der Waals surface area contributed by atoms with E-state index in [4.69, 9.17) is 22.7 Å². The molecule has 0 radical (unpaired) electrons. The standard InChI is InChI=1S/C18H23ClFN5O/c1-23-16(22)14(15(21)10-4-5-18(7-10)8-24-9-18)17(26)25-11-2-3-13(20)12(19)6-11/h2-3,6,10,21,23-24H,4-5,7-9,22H2,1H3,(H,25,26)/b16-14+,21-15?. The number of carbonyl (C=O) groups excluding carboxylic acids is 1. The van der Waals surface area contributed by atoms with Crippen LogP contribution in [0.25, 0.3) is 0 Å². The number of hydrogen-bond donors (Lipinski definition) is 5. The molecule has 8 heteroatoms. The lowest BCUT2D eigenvalue weighted by Crippen LogP contribution is -2.52. The number of carbonyl (C=O) groups is 1. The number of amides is 1. The third kappa shape index (κ3) is 3.54. The summed E-state index contributed by atoms with van der Waals surface area (Å²) in [5.41, 5.74) is 6.96. The Morgan fingerprint density at radius 1 is 1.46 bits per heavy atom. The van der Waals surface area contributed by atoms with Gasteiger partial charge >= 0.3 is 0 Å². The van der Waals surface area contributed by atoms with E-state index in [-0.39, 0.29) is 33.5 Å². The van der Waals surface area contributed by atoms with Crippen LogP contribution in [0.5, 0.6) is 0 Å². The molecule has 1 spiro atoms. The smallest absolute Gasteiger partial charge is 0.261 e. The first-order chi connectivity index (χ1) is 12.3. The van der Waals surface area contributed by atoms with Gasteiger partial charge in [-0.05, 0) is 42.9 Å². The lowest BCUT2D eigenvalue weighted by molar-refractivity contribution is -0.112. The van der Waals surface area contributed by atoms with Gasteiger partial charge in [-0.15, -0.1) is 0 Å². The number of rotatable bonds is 5. The molecule has 1 aliphatic heterocycles. The predicted molar refractivity (Wildman–Crippen MR) is 101 cm³/mol. The minimum atomic E-state index is -0.562. The average molecular weight is 380 g/mol. The van der Waals surface area contributed by atoms with Crippen LogP contribution in [0.2, 0.25) is 5.02 Å². The number of nitrogens with one attached hydrogen (secondary N) is 4. The molecule has 6 nitrogen and oxygen atoms in total. The Balaban J connectivity index is 1.78. The van der Waals surface area contributed by atoms with E-state index < -0.39 is 11.7 Å². The van der Waals surface area contributed by atoms with E-state index in [1.807, 2.05) is 0 Å². The van der Waals surface area contributed by atoms with Crippen molar-refractivity contribution in [2.75, 3.05) is 25.5 Å². The zero-order valence-electron chi connectivity index (χ0n) is 14.6. The Morgan fingerprint density at radius 3 is 2.73 bits per heavy atom. The van der Waals surface area contributed by atoms with E-state index in [0.29, 0.717) is 5.69 Å². The van der Waals surface area contributed by atoms with Crippen molar-refractivity contribution in [3.63, 3.8) is 0 Å². The Bertz CT molecular complexity index is 775. The Kier molecular flexibility index (Phi) is 5.20. The van der Waals surface area contributed by atoms with Crippen molar-refractivity contribution in [1.29, 1.82) is 5.41 Å². The van der Waals surface area contributed by atoms with E-state index in [1.165, 1.54) is 18.2 Å². The molecule has 1 heterocycles. The van der Waals surface area contributed by atoms with Crippen LogP contribution < -0.4 is 21.7 Å². The van der Waals surface area contributed by atoms with Crippen LogP contribution >= 0.6 is 11.6 Å². The van der Waals surface area contributed by atoms with Crippen LogP contribution in [0.15, 0.2) is 29.6 Å². The summed E-state index contributed by atoms with van der Waals surface area (Å²) >= 11 is 5.76. The second kappa shape index (κ2) is 7.25. The molecule has 1 unspecified atom stereocenters. The number of nitrogens with two attached hydrogens (primary N) is 1. The first kappa shape index (κ1) is 18.7. The molecular weight excluding hydrogens is 357 g/mol. The maximum atomic E-state index is 13.3. The summed E-state index contributed by atoms with van der Waals surface area (Å²) < 4.78 is 13.3. The highest BCUT2D eigenvalue weighted by Gasteiger charge is 2.45. The van der Waals surface area contributed by atoms with Gasteiger partial charge in [-0.2, -0.15) is 0 Å². The molecule has 1 saturated carbocycles. The second-order valence-electron chi connectivity index (χ2n) is 7.08. The molecule has 0 bridgehead atoms. The molecule has 1 saturated heterocycles. The predicted octanol–water partition coefficient (Wildman–Crippen LogP) is 2.22. The molecule has 26 heavy (non-hydrogen) atoms. The molecule has 1 atom stereocenters. The van der Waals surface area contributed by atoms with Crippen molar-refractivity contribution in [3.8, 4) is 0 Å². The quantitative estimate of drug-likeness (QED) is 0.400. The Hall–Kier alpha value is -2.12. The number of anilines is 1. The van der Waals surface area contributed by atoms with Gasteiger partial charge in [0.05, 0.1) is 10.7 Å². The van der Waals surface area contributed by atoms with Gasteiger partial charge in [0.1, 0.15) is 17.2 Å². The fourth-order valence-electron chi connectivity index (χ4n) is 3.74. The van der Waals surface area contributed by atoms with E-state index in [9.17, 15) is 9.18 Å². The maximum Gasteiger partial charge on any atom is 0.261 e. The average Bonchev–Trinajstić information content (AvgIpc) is 3.04. The van der Waals surface area contributed by atoms with Gasteiger partial charge < -0.3 is 27.1 Å². The van der Waals surface area contributed by atoms with Crippen molar-refractivity contribution in [3.05, 3.63) is 40.4 Å². The molecule has 2 aliphatic rings. The highest BCUT2D eigenvalue weighted by Crippen LogP contribution is 2.45. The van der Waals surface area contributed by atoms with Gasteiger partial charge in [0, 0.05) is 31.7 Å². The van der Waals surface area contributed by atoms with Gasteiger partial charge in [0.25, 0.3) is 5.91 Å². The van der Waals surface area contributed by atoms with Crippen molar-refractivity contribution in [2.45, 2.75) is 19.3 Å². The summed E-state index contributed by atoms with van der Waals surface area (Å²) in [6, 6.07) is 3.93. The normalized spacial score (nSPS) is 21.7. The molecule has 3 rings (SSSR count). The molecular formula is C18H23ClFN5O. The summed E-state index contributed by atoms with van der Waals surface area (Å²) in [5.74, 6) is -0.916. The van der Waals surface area contributed by atoms with Crippen LogP contribution in [0, 0.1) is 22.6 Å². The fraction of sp³-hybridized carbons (Fsp3) is 0.444. The van der Waals surface area contributed by atoms with Crippen LogP contribution in [0.3, 0.4) is 0 Å². The molecule has 2 fully saturated rings. The van der Waals surface area contributed by atoms with Crippen molar-refractivity contribution in [1.82, 2.24) is 10.6 Å². The van der Waals surface area contributed by atoms with Crippen LogP contribution in [-0.4, -0.2) is 31.8 Å². The highest BCUT2D eigenvalue weighted by atomic mass is 35.5. The third-order valence-electron chi connectivity index (χ3n) is 5.32. The second-order valence-corrected chi connectivity index (χ2v) is 7.49. The topological polar surface area (TPSA) is 103 Å². The zero-order chi connectivity index (χ0) is 18.9. The lowest BCUT2D eigenvalue weighted by atomic mass is 9.78. The van der Waals surface area contributed by atoms with Crippen molar-refractivity contribution in [2.24, 2.45) is 17.1 Å². The molecule has 1 aromatic rings. The van der Waals surface area contributed by atoms with Gasteiger partial charge in [-0.25, -0.2) is 4.39 Å². The molecule has 1 aliphatic carbocycles. The summed E-state index contributed by atoms with van der Waals surface area (Å²) in [5, 5.41) is 17.2. The number of hydrogen-bond acceptors (Lipinski definition) is 5. The van der Waals surface area contributed by atoms with Gasteiger partial charge in [0.15, 0.2) is 0 Å². The molecule has 1 amide bonds. The van der Waals surface area contributed by atoms with E-state index >= 15 is 0 Å². The summed E-state index contributed by atoms with van der Waals surface area (Å²) in [6.45, 7) is 1.94. The monoisotopic (exact) mass is 379 g/mol. The fourth-order valence-corrected chi connectivity index (χ4v) is 3.92. The van der Waals surface area contributed by atoms with Gasteiger partial charge in [-0.3, -0.25) is 4.79 Å². The third-order valence-corrected chi connectivity index (χ3v) is 5.61. The minimum absolute atomic E-state index is 0.00144. The first-order valence-electron chi connectivity index (χ1n) is 8.59. The molecule has 0 aromatic heterocycles. The Labute approximate surface area is 156 Å². The largest absolute Gasteiger partial charge is 0.385 e. The highest BCUT2D eigenvalue weighted by molar-refractivity contribution is 6.31.